The minimum absolute atomic E-state index is 0.0281. The van der Waals surface area contributed by atoms with Crippen molar-refractivity contribution in [1.82, 2.24) is 9.80 Å². The first kappa shape index (κ1) is 28.9. The summed E-state index contributed by atoms with van der Waals surface area (Å²) in [7, 11) is 0. The zero-order valence-electron chi connectivity index (χ0n) is 19.4. The van der Waals surface area contributed by atoms with Crippen molar-refractivity contribution < 1.29 is 19.2 Å². The van der Waals surface area contributed by atoms with E-state index in [0.29, 0.717) is 11.4 Å². The van der Waals surface area contributed by atoms with Crippen molar-refractivity contribution in [3.8, 4) is 0 Å². The van der Waals surface area contributed by atoms with Gasteiger partial charge in [-0.3, -0.25) is 29.0 Å². The lowest BCUT2D eigenvalue weighted by Gasteiger charge is -2.15. The molecule has 0 bridgehead atoms. The van der Waals surface area contributed by atoms with Crippen molar-refractivity contribution in [2.45, 2.75) is 12.8 Å². The van der Waals surface area contributed by atoms with Crippen molar-refractivity contribution in [3.63, 3.8) is 0 Å². The number of thiocarbonyl (C=S) groups is 2. The van der Waals surface area contributed by atoms with Crippen molar-refractivity contribution >= 4 is 123 Å². The first-order chi connectivity index (χ1) is 18.1. The molecule has 0 atom stereocenters. The van der Waals surface area contributed by atoms with Crippen LogP contribution in [0.1, 0.15) is 12.8 Å². The Balaban J connectivity index is 1.35. The van der Waals surface area contributed by atoms with E-state index in [1.807, 2.05) is 12.1 Å². The highest BCUT2D eigenvalue weighted by molar-refractivity contribution is 9.10. The third-order valence-electron chi connectivity index (χ3n) is 5.25. The molecule has 0 aromatic heterocycles. The predicted octanol–water partition coefficient (Wildman–Crippen LogP) is 5.50. The van der Waals surface area contributed by atoms with Crippen molar-refractivity contribution in [1.29, 1.82) is 0 Å². The number of thioether (sulfide) groups is 2. The van der Waals surface area contributed by atoms with Gasteiger partial charge in [-0.05, 0) is 36.4 Å². The molecule has 2 N–H and O–H groups in total. The maximum Gasteiger partial charge on any atom is 0.267 e. The molecule has 2 aliphatic heterocycles. The van der Waals surface area contributed by atoms with Crippen LogP contribution in [0.5, 0.6) is 0 Å². The van der Waals surface area contributed by atoms with Crippen LogP contribution in [-0.4, -0.2) is 55.2 Å². The van der Waals surface area contributed by atoms with Gasteiger partial charge in [0.05, 0.1) is 9.81 Å². The van der Waals surface area contributed by atoms with Crippen LogP contribution in [0.2, 0.25) is 0 Å². The summed E-state index contributed by atoms with van der Waals surface area (Å²) in [5.74, 6) is -1.43. The zero-order valence-corrected chi connectivity index (χ0v) is 25.8. The smallest absolute Gasteiger partial charge is 0.267 e. The minimum atomic E-state index is -0.442. The van der Waals surface area contributed by atoms with Gasteiger partial charge in [0.2, 0.25) is 11.8 Å². The summed E-state index contributed by atoms with van der Waals surface area (Å²) >= 11 is 19.4. The van der Waals surface area contributed by atoms with Crippen LogP contribution in [-0.2, 0) is 19.2 Å². The van der Waals surface area contributed by atoms with E-state index >= 15 is 0 Å². The summed E-state index contributed by atoms with van der Waals surface area (Å²) in [5.41, 5.74) is 1.26. The average molecular weight is 715 g/mol. The molecule has 0 aliphatic carbocycles. The van der Waals surface area contributed by atoms with E-state index in [2.05, 4.69) is 42.5 Å². The Labute approximate surface area is 254 Å². The average Bonchev–Trinajstić information content (AvgIpc) is 3.29. The van der Waals surface area contributed by atoms with Gasteiger partial charge < -0.3 is 10.6 Å². The topological polar surface area (TPSA) is 98.8 Å². The highest BCUT2D eigenvalue weighted by atomic mass is 79.9. The van der Waals surface area contributed by atoms with Gasteiger partial charge in [0.15, 0.2) is 0 Å². The van der Waals surface area contributed by atoms with Crippen LogP contribution in [0.3, 0.4) is 0 Å². The summed E-state index contributed by atoms with van der Waals surface area (Å²) in [6.45, 7) is 0.147. The summed E-state index contributed by atoms with van der Waals surface area (Å²) in [6.07, 6.45) is 0.0561. The van der Waals surface area contributed by atoms with Gasteiger partial charge in [0.25, 0.3) is 11.8 Å². The number of anilines is 2. The Bertz CT molecular complexity index is 1300. The number of carbonyl (C=O) groups is 4. The Morgan fingerprint density at radius 1 is 0.737 bits per heavy atom. The van der Waals surface area contributed by atoms with E-state index in [9.17, 15) is 19.2 Å². The maximum absolute atomic E-state index is 13.1. The Morgan fingerprint density at radius 2 is 1.13 bits per heavy atom. The van der Waals surface area contributed by atoms with Gasteiger partial charge >= 0.3 is 0 Å². The largest absolute Gasteiger partial charge is 0.326 e. The first-order valence-electron chi connectivity index (χ1n) is 11.0. The highest BCUT2D eigenvalue weighted by Crippen LogP contribution is 2.42. The third-order valence-corrected chi connectivity index (χ3v) is 9.26. The lowest BCUT2D eigenvalue weighted by molar-refractivity contribution is -0.125. The van der Waals surface area contributed by atoms with Crippen molar-refractivity contribution in [2.75, 3.05) is 23.7 Å². The summed E-state index contributed by atoms with van der Waals surface area (Å²) in [6, 6.07) is 14.3. The molecule has 2 fully saturated rings. The summed E-state index contributed by atoms with van der Waals surface area (Å²) in [4.78, 5) is 54.0. The lowest BCUT2D eigenvalue weighted by Crippen LogP contribution is -2.33. The summed E-state index contributed by atoms with van der Waals surface area (Å²) in [5, 5.41) is 5.55. The summed E-state index contributed by atoms with van der Waals surface area (Å²) < 4.78 is 2.18. The number of amides is 4. The van der Waals surface area contributed by atoms with E-state index in [-0.39, 0.29) is 56.2 Å². The Morgan fingerprint density at radius 3 is 1.50 bits per heavy atom. The molecule has 2 heterocycles. The molecule has 0 unspecified atom stereocenters. The molecule has 2 saturated heterocycles. The molecule has 38 heavy (non-hydrogen) atoms. The molecule has 0 radical (unpaired) electrons. The van der Waals surface area contributed by atoms with Gasteiger partial charge in [-0.15, -0.1) is 0 Å². The second kappa shape index (κ2) is 12.8. The molecule has 4 rings (SSSR count). The van der Waals surface area contributed by atoms with Gasteiger partial charge in [-0.25, -0.2) is 0 Å². The molecule has 0 spiro atoms. The zero-order chi connectivity index (χ0) is 27.4. The second-order valence-electron chi connectivity index (χ2n) is 7.92. The Kier molecular flexibility index (Phi) is 9.76. The Hall–Kier alpha value is -2.10. The van der Waals surface area contributed by atoms with Gasteiger partial charge in [0.1, 0.15) is 8.64 Å². The molecule has 14 heteroatoms. The minimum Gasteiger partial charge on any atom is -0.326 e. The second-order valence-corrected chi connectivity index (χ2v) is 13.0. The van der Waals surface area contributed by atoms with Crippen LogP contribution < -0.4 is 10.6 Å². The van der Waals surface area contributed by atoms with Crippen LogP contribution in [0.25, 0.3) is 0 Å². The number of nitrogens with one attached hydrogen (secondary N) is 2. The number of nitrogens with zero attached hydrogens (tertiary/aromatic N) is 2. The van der Waals surface area contributed by atoms with E-state index in [4.69, 9.17) is 24.4 Å². The third kappa shape index (κ3) is 7.10. The van der Waals surface area contributed by atoms with Crippen LogP contribution >= 0.6 is 79.8 Å². The number of benzene rings is 2. The molecule has 0 saturated carbocycles. The molecule has 2 aromatic rings. The quantitative estimate of drug-likeness (QED) is 0.274. The van der Waals surface area contributed by atoms with E-state index in [1.54, 1.807) is 36.4 Å². The standard InChI is InChI=1S/C24H18Br2N4O4S4/c25-13-3-1-5-15(11-13)27-17(31)7-9-29-21(33)19(37-23(29)35)20-22(34)30(24(36)38-20)10-8-18(32)28-16-6-2-4-14(26)12-16/h1-6,11-12H,7-10H2,(H,27,31)(H,28,32)/b20-19+. The molecule has 2 aromatic carbocycles. The van der Waals surface area contributed by atoms with Crippen LogP contribution in [0.4, 0.5) is 11.4 Å². The van der Waals surface area contributed by atoms with Crippen molar-refractivity contribution in [2.24, 2.45) is 0 Å². The van der Waals surface area contributed by atoms with E-state index < -0.39 is 11.8 Å². The fourth-order valence-corrected chi connectivity index (χ4v) is 7.03. The van der Waals surface area contributed by atoms with E-state index in [1.165, 1.54) is 9.80 Å². The van der Waals surface area contributed by atoms with E-state index in [0.717, 1.165) is 32.5 Å². The number of carbonyl (C=O) groups excluding carboxylic acids is 4. The monoisotopic (exact) mass is 712 g/mol. The highest BCUT2D eigenvalue weighted by Gasteiger charge is 2.42. The lowest BCUT2D eigenvalue weighted by atomic mass is 10.3. The van der Waals surface area contributed by atoms with Gasteiger partial charge in [0, 0.05) is 46.3 Å². The van der Waals surface area contributed by atoms with Crippen LogP contribution in [0.15, 0.2) is 67.3 Å². The fourth-order valence-electron chi connectivity index (χ4n) is 3.46. The molecule has 8 nitrogen and oxygen atoms in total. The SMILES string of the molecule is O=C(CCN1C(=O)/C(=C2\SC(=S)N(CCC(=O)Nc3cccc(Br)c3)C2=O)SC1=S)Nc1cccc(Br)c1. The van der Waals surface area contributed by atoms with Gasteiger partial charge in [-0.1, -0.05) is 92.0 Å². The van der Waals surface area contributed by atoms with Crippen LogP contribution in [0, 0.1) is 0 Å². The number of halogens is 2. The fraction of sp³-hybridized carbons (Fsp3) is 0.167. The number of rotatable bonds is 8. The molecular formula is C24H18Br2N4O4S4. The maximum atomic E-state index is 13.1. The number of hydrogen-bond acceptors (Lipinski definition) is 8. The molecule has 4 amide bonds. The normalized spacial score (nSPS) is 17.4. The van der Waals surface area contributed by atoms with Crippen molar-refractivity contribution in [3.05, 3.63) is 67.3 Å². The number of hydrogen-bond donors (Lipinski definition) is 2. The first-order valence-corrected chi connectivity index (χ1v) is 15.1. The van der Waals surface area contributed by atoms with Gasteiger partial charge in [-0.2, -0.15) is 0 Å². The molecular weight excluding hydrogens is 696 g/mol. The molecule has 2 aliphatic rings. The predicted molar refractivity (Wildman–Crippen MR) is 166 cm³/mol. The molecule has 196 valence electrons.